The number of allylic oxidation sites excluding steroid dienone is 1. The van der Waals surface area contributed by atoms with E-state index in [0.29, 0.717) is 25.4 Å². The van der Waals surface area contributed by atoms with Gasteiger partial charge in [0.15, 0.2) is 5.90 Å². The maximum absolute atomic E-state index is 8.49. The van der Waals surface area contributed by atoms with Crippen molar-refractivity contribution >= 4 is 22.2 Å². The Morgan fingerprint density at radius 1 is 1.56 bits per heavy atom. The Morgan fingerprint density at radius 2 is 2.22 bits per heavy atom. The molecule has 0 saturated carbocycles. The molecule has 0 N–H and O–H groups in total. The zero-order valence-electron chi connectivity index (χ0n) is 11.4. The summed E-state index contributed by atoms with van der Waals surface area (Å²) >= 11 is 0. The molecular formula is C12H22NO3P2+. The molecule has 0 fully saturated rings. The fraction of sp³-hybridized carbons (Fsp3) is 0.667. The average Bonchev–Trinajstić information content (AvgIpc) is 2.25. The first-order valence-electron chi connectivity index (χ1n) is 5.69. The minimum atomic E-state index is -0.976. The van der Waals surface area contributed by atoms with Gasteiger partial charge in [0.1, 0.15) is 6.61 Å². The van der Waals surface area contributed by atoms with E-state index in [2.05, 4.69) is 25.6 Å². The molecule has 0 aliphatic carbocycles. The highest BCUT2D eigenvalue weighted by atomic mass is 31.2. The van der Waals surface area contributed by atoms with Gasteiger partial charge in [0.25, 0.3) is 0 Å². The summed E-state index contributed by atoms with van der Waals surface area (Å²) in [5.74, 6) is 1.50. The van der Waals surface area contributed by atoms with Gasteiger partial charge in [-0.25, -0.2) is 0 Å². The fourth-order valence-corrected chi connectivity index (χ4v) is 3.97. The van der Waals surface area contributed by atoms with E-state index in [-0.39, 0.29) is 13.6 Å². The molecule has 0 heterocycles. The lowest BCUT2D eigenvalue weighted by atomic mass is 10.4. The highest BCUT2D eigenvalue weighted by Crippen LogP contribution is 2.46. The molecule has 0 aromatic heterocycles. The normalized spacial score (nSPS) is 14.4. The van der Waals surface area contributed by atoms with Gasteiger partial charge in [0, 0.05) is 0 Å². The van der Waals surface area contributed by atoms with E-state index in [1.807, 2.05) is 6.92 Å². The molecule has 6 heteroatoms. The van der Waals surface area contributed by atoms with Gasteiger partial charge in [-0.3, -0.25) is 0 Å². The zero-order chi connectivity index (χ0) is 14.0. The van der Waals surface area contributed by atoms with Gasteiger partial charge >= 0.3 is 0 Å². The van der Waals surface area contributed by atoms with Crippen LogP contribution in [0.2, 0.25) is 0 Å². The lowest BCUT2D eigenvalue weighted by molar-refractivity contribution is 0.0972. The van der Waals surface area contributed by atoms with Crippen LogP contribution in [-0.4, -0.2) is 38.2 Å². The van der Waals surface area contributed by atoms with Crippen LogP contribution in [0.25, 0.3) is 0 Å². The highest BCUT2D eigenvalue weighted by molar-refractivity contribution is 7.68. The zero-order valence-corrected chi connectivity index (χ0v) is 13.2. The lowest BCUT2D eigenvalue weighted by Gasteiger charge is -2.19. The Morgan fingerprint density at radius 3 is 2.72 bits per heavy atom. The first-order valence-corrected chi connectivity index (χ1v) is 9.22. The topological polar surface area (TPSA) is 51.5 Å². The van der Waals surface area contributed by atoms with E-state index in [1.54, 1.807) is 6.92 Å². The third-order valence-electron chi connectivity index (χ3n) is 1.67. The van der Waals surface area contributed by atoms with Crippen LogP contribution in [0, 0.1) is 11.3 Å². The molecule has 3 unspecified atom stereocenters. The van der Waals surface area contributed by atoms with Crippen molar-refractivity contribution in [3.63, 3.8) is 0 Å². The van der Waals surface area contributed by atoms with Crippen molar-refractivity contribution in [1.82, 2.24) is 0 Å². The second-order valence-electron chi connectivity index (χ2n) is 4.00. The van der Waals surface area contributed by atoms with Crippen LogP contribution >= 0.6 is 15.9 Å². The molecule has 4 nitrogen and oxygen atoms in total. The van der Waals surface area contributed by atoms with Crippen molar-refractivity contribution in [3.05, 3.63) is 12.3 Å². The highest BCUT2D eigenvalue weighted by Gasteiger charge is 2.20. The summed E-state index contributed by atoms with van der Waals surface area (Å²) in [6.45, 7) is 10.4. The third-order valence-corrected chi connectivity index (χ3v) is 5.59. The molecule has 0 aromatic rings. The largest absolute Gasteiger partial charge is 0.496 e. The molecule has 0 radical (unpaired) electrons. The summed E-state index contributed by atoms with van der Waals surface area (Å²) in [5, 5.41) is 8.49. The predicted octanol–water partition coefficient (Wildman–Crippen LogP) is 3.69. The van der Waals surface area contributed by atoms with Gasteiger partial charge in [-0.05, 0) is 13.8 Å². The fourth-order valence-electron chi connectivity index (χ4n) is 0.986. The Labute approximate surface area is 112 Å². The van der Waals surface area contributed by atoms with Gasteiger partial charge in [0.05, 0.1) is 51.5 Å². The van der Waals surface area contributed by atoms with E-state index in [1.165, 1.54) is 0 Å². The van der Waals surface area contributed by atoms with E-state index >= 15 is 0 Å². The molecule has 0 spiro atoms. The summed E-state index contributed by atoms with van der Waals surface area (Å²) in [7, 11) is -1.30. The van der Waals surface area contributed by atoms with E-state index in [0.717, 1.165) is 5.90 Å². The van der Waals surface area contributed by atoms with Crippen molar-refractivity contribution in [2.24, 2.45) is 0 Å². The average molecular weight is 290 g/mol. The van der Waals surface area contributed by atoms with Crippen LogP contribution in [0.5, 0.6) is 0 Å². The second-order valence-corrected chi connectivity index (χ2v) is 7.98. The standard InChI is InChI=1S/C12H22NO3P2/c1-11(2)14-9-12(3)16-18(10-17(4)5)15-8-6-7-13/h12H,1,4,6,8-10H2,2-3,5H3/q+1. The number of nitriles is 1. The number of ether oxygens (including phenoxy) is 1. The third kappa shape index (κ3) is 10.7. The maximum Gasteiger partial charge on any atom is 0.219 e. The molecule has 0 aromatic carbocycles. The quantitative estimate of drug-likeness (QED) is 0.350. The van der Waals surface area contributed by atoms with Gasteiger partial charge in [0.2, 0.25) is 8.38 Å². The lowest BCUT2D eigenvalue weighted by Crippen LogP contribution is -2.14. The molecule has 0 amide bonds. The summed E-state index contributed by atoms with van der Waals surface area (Å²) in [6, 6.07) is 2.05. The minimum Gasteiger partial charge on any atom is -0.496 e. The van der Waals surface area contributed by atoms with E-state index in [4.69, 9.17) is 19.0 Å². The van der Waals surface area contributed by atoms with Crippen LogP contribution in [-0.2, 0) is 13.8 Å². The summed E-state index contributed by atoms with van der Waals surface area (Å²) in [5.41, 5.74) is 0. The Kier molecular flexibility index (Phi) is 10.2. The first kappa shape index (κ1) is 17.6. The predicted molar refractivity (Wildman–Crippen MR) is 79.2 cm³/mol. The van der Waals surface area contributed by atoms with E-state index < -0.39 is 8.38 Å². The molecule has 0 aliphatic heterocycles. The van der Waals surface area contributed by atoms with E-state index in [9.17, 15) is 0 Å². The molecule has 0 saturated heterocycles. The van der Waals surface area contributed by atoms with Crippen molar-refractivity contribution < 1.29 is 13.8 Å². The number of nitrogens with zero attached hydrogens (tertiary/aromatic N) is 1. The summed E-state index contributed by atoms with van der Waals surface area (Å²) in [4.78, 5) is 0. The molecule has 18 heavy (non-hydrogen) atoms. The molecule has 0 bridgehead atoms. The smallest absolute Gasteiger partial charge is 0.219 e. The number of hydrogen-bond donors (Lipinski definition) is 0. The molecular weight excluding hydrogens is 268 g/mol. The first-order chi connectivity index (χ1) is 8.45. The summed E-state index contributed by atoms with van der Waals surface area (Å²) < 4.78 is 16.7. The monoisotopic (exact) mass is 290 g/mol. The van der Waals surface area contributed by atoms with Gasteiger partial charge in [-0.15, -0.1) is 0 Å². The Balaban J connectivity index is 4.08. The molecule has 0 aliphatic rings. The van der Waals surface area contributed by atoms with Gasteiger partial charge < -0.3 is 13.8 Å². The maximum atomic E-state index is 8.49. The van der Waals surface area contributed by atoms with Crippen molar-refractivity contribution in [2.45, 2.75) is 26.4 Å². The number of hydrogen-bond acceptors (Lipinski definition) is 4. The van der Waals surface area contributed by atoms with Crippen molar-refractivity contribution in [1.29, 1.82) is 5.26 Å². The minimum absolute atomic E-state index is 0.0511. The van der Waals surface area contributed by atoms with Crippen LogP contribution in [0.4, 0.5) is 0 Å². The Hall–Kier alpha value is -0.450. The van der Waals surface area contributed by atoms with Gasteiger partial charge in [-0.2, -0.15) is 5.26 Å². The molecule has 102 valence electrons. The molecule has 3 atom stereocenters. The number of rotatable bonds is 10. The second kappa shape index (κ2) is 10.5. The van der Waals surface area contributed by atoms with Crippen LogP contribution in [0.15, 0.2) is 12.3 Å². The van der Waals surface area contributed by atoms with Crippen molar-refractivity contribution in [2.75, 3.05) is 25.8 Å². The Bertz CT molecular complexity index is 315. The molecule has 0 rings (SSSR count). The van der Waals surface area contributed by atoms with Gasteiger partial charge in [-0.1, -0.05) is 6.58 Å². The summed E-state index contributed by atoms with van der Waals surface area (Å²) in [6.07, 6.45) is 4.33. The SMILES string of the molecule is C=C(C)OCC(C)OP(C[P+](=C)C)OCCC#N. The van der Waals surface area contributed by atoms with Crippen LogP contribution in [0.1, 0.15) is 20.3 Å². The van der Waals surface area contributed by atoms with Crippen LogP contribution < -0.4 is 0 Å². The van der Waals surface area contributed by atoms with Crippen LogP contribution in [0.3, 0.4) is 0 Å². The van der Waals surface area contributed by atoms with Crippen molar-refractivity contribution in [3.8, 4) is 6.07 Å².